The number of benzene rings is 2. The van der Waals surface area contributed by atoms with Crippen molar-refractivity contribution in [1.29, 1.82) is 0 Å². The molecule has 4 N–H and O–H groups in total. The van der Waals surface area contributed by atoms with Gasteiger partial charge in [-0.1, -0.05) is 61.4 Å². The summed E-state index contributed by atoms with van der Waals surface area (Å²) in [6, 6.07) is 11.7. The van der Waals surface area contributed by atoms with Crippen LogP contribution in [0.5, 0.6) is 0 Å². The van der Waals surface area contributed by atoms with Crippen LogP contribution in [0.3, 0.4) is 0 Å². The normalized spacial score (nSPS) is 22.4. The van der Waals surface area contributed by atoms with E-state index >= 15 is 0 Å². The average molecular weight is 563 g/mol. The molecule has 1 aliphatic carbocycles. The van der Waals surface area contributed by atoms with Crippen LogP contribution >= 0.6 is 11.6 Å². The number of ketones is 1. The minimum absolute atomic E-state index is 0.0565. The number of hydrogen-bond donors (Lipinski definition) is 3. The van der Waals surface area contributed by atoms with Crippen LogP contribution in [-0.2, 0) is 22.4 Å². The van der Waals surface area contributed by atoms with Crippen LogP contribution in [-0.4, -0.2) is 22.9 Å². The highest BCUT2D eigenvalue weighted by Gasteiger charge is 2.27. The number of para-hydroxylation sites is 1. The van der Waals surface area contributed by atoms with Gasteiger partial charge in [0.05, 0.1) is 16.8 Å². The summed E-state index contributed by atoms with van der Waals surface area (Å²) < 4.78 is 0. The third kappa shape index (κ3) is 8.12. The number of rotatable bonds is 11. The van der Waals surface area contributed by atoms with Crippen LogP contribution in [0, 0.1) is 36.0 Å². The third-order valence-electron chi connectivity index (χ3n) is 9.16. The molecule has 4 rings (SSSR count). The van der Waals surface area contributed by atoms with Crippen molar-refractivity contribution in [2.45, 2.75) is 90.1 Å². The number of terminal acetylenes is 1. The summed E-state index contributed by atoms with van der Waals surface area (Å²) in [5.74, 6) is 3.89. The fourth-order valence-electron chi connectivity index (χ4n) is 6.54. The SMILES string of the molecule is C#Cc1cc(C[C@@H](CC(O)CCC2CCC(CC[C@@H]3CCc4ccccc4NC3=O)CC2)C(C)=O)cc(Cl)c1N. The number of aliphatic hydroxyl groups is 1. The number of nitrogens with one attached hydrogen (secondary N) is 1. The predicted octanol–water partition coefficient (Wildman–Crippen LogP) is 6.97. The molecule has 5 nitrogen and oxygen atoms in total. The summed E-state index contributed by atoms with van der Waals surface area (Å²) >= 11 is 6.23. The number of hydrogen-bond acceptors (Lipinski definition) is 4. The Labute approximate surface area is 244 Å². The zero-order chi connectivity index (χ0) is 28.6. The number of carbonyl (C=O) groups is 2. The second-order valence-electron chi connectivity index (χ2n) is 12.0. The van der Waals surface area contributed by atoms with Crippen molar-refractivity contribution >= 4 is 34.7 Å². The van der Waals surface area contributed by atoms with Crippen LogP contribution < -0.4 is 11.1 Å². The molecule has 1 fully saturated rings. The van der Waals surface area contributed by atoms with Crippen molar-refractivity contribution in [2.75, 3.05) is 11.1 Å². The van der Waals surface area contributed by atoms with E-state index < -0.39 is 6.10 Å². The maximum Gasteiger partial charge on any atom is 0.227 e. The summed E-state index contributed by atoms with van der Waals surface area (Å²) in [5.41, 5.74) is 9.92. The first-order chi connectivity index (χ1) is 19.2. The molecule has 0 bridgehead atoms. The number of aryl methyl sites for hydroxylation is 1. The van der Waals surface area contributed by atoms with Crippen LogP contribution in [0.25, 0.3) is 0 Å². The topological polar surface area (TPSA) is 92.4 Å². The van der Waals surface area contributed by atoms with E-state index in [2.05, 4.69) is 17.3 Å². The lowest BCUT2D eigenvalue weighted by molar-refractivity contribution is -0.122. The smallest absolute Gasteiger partial charge is 0.227 e. The summed E-state index contributed by atoms with van der Waals surface area (Å²) in [4.78, 5) is 25.1. The van der Waals surface area contributed by atoms with Gasteiger partial charge in [-0.25, -0.2) is 0 Å². The first kappa shape index (κ1) is 30.2. The van der Waals surface area contributed by atoms with Crippen LogP contribution in [0.1, 0.15) is 87.8 Å². The van der Waals surface area contributed by atoms with Crippen molar-refractivity contribution in [1.82, 2.24) is 0 Å². The molecule has 1 saturated carbocycles. The van der Waals surface area contributed by atoms with Gasteiger partial charge in [0.15, 0.2) is 0 Å². The third-order valence-corrected chi connectivity index (χ3v) is 9.48. The van der Waals surface area contributed by atoms with Crippen LogP contribution in [0.4, 0.5) is 11.4 Å². The van der Waals surface area contributed by atoms with Gasteiger partial charge in [-0.15, -0.1) is 6.42 Å². The molecule has 0 spiro atoms. The van der Waals surface area contributed by atoms with Gasteiger partial charge in [-0.2, -0.15) is 0 Å². The van der Waals surface area contributed by atoms with Crippen LogP contribution in [0.2, 0.25) is 5.02 Å². The second-order valence-corrected chi connectivity index (χ2v) is 12.4. The largest absolute Gasteiger partial charge is 0.397 e. The standard InChI is InChI=1S/C34H43ClN2O3/c1-3-26-18-25(20-31(35)33(26)36)19-29(22(2)38)21-30(39)17-13-24-10-8-23(9-11-24)12-14-28-16-15-27-6-4-5-7-32(27)37-34(28)40/h1,4-7,18,20,23-24,28-30,39H,8-17,19,21,36H2,2H3,(H,37,40)/t23?,24?,28-,29+,30?/m1/s1. The second kappa shape index (κ2) is 14.2. The van der Waals surface area contributed by atoms with Gasteiger partial charge >= 0.3 is 0 Å². The summed E-state index contributed by atoms with van der Waals surface area (Å²) in [6.45, 7) is 1.58. The van der Waals surface area contributed by atoms with E-state index in [4.69, 9.17) is 23.8 Å². The molecule has 0 saturated heterocycles. The maximum absolute atomic E-state index is 12.8. The van der Waals surface area contributed by atoms with E-state index in [9.17, 15) is 14.7 Å². The number of fused-ring (bicyclic) bond motifs is 1. The highest BCUT2D eigenvalue weighted by Crippen LogP contribution is 2.36. The number of anilines is 2. The molecule has 2 aromatic carbocycles. The zero-order valence-corrected chi connectivity index (χ0v) is 24.4. The quantitative estimate of drug-likeness (QED) is 0.204. The molecule has 0 aromatic heterocycles. The van der Waals surface area contributed by atoms with Gasteiger partial charge < -0.3 is 16.2 Å². The number of halogens is 1. The van der Waals surface area contributed by atoms with Gasteiger partial charge in [-0.3, -0.25) is 9.59 Å². The molecule has 3 atom stereocenters. The predicted molar refractivity (Wildman–Crippen MR) is 163 cm³/mol. The number of carbonyl (C=O) groups excluding carboxylic acids is 2. The van der Waals surface area contributed by atoms with E-state index in [0.29, 0.717) is 47.4 Å². The van der Waals surface area contributed by atoms with E-state index in [-0.39, 0.29) is 23.5 Å². The number of Topliss-reactive ketones (excluding diaryl/α,β-unsaturated/α-hetero) is 1. The number of nitrogen functional groups attached to an aromatic ring is 1. The number of nitrogens with two attached hydrogens (primary N) is 1. The molecular formula is C34H43ClN2O3. The minimum atomic E-state index is -0.513. The summed E-state index contributed by atoms with van der Waals surface area (Å²) in [6.07, 6.45) is 16.3. The average Bonchev–Trinajstić information content (AvgIpc) is 3.10. The molecule has 2 aliphatic rings. The van der Waals surface area contributed by atoms with E-state index in [1.807, 2.05) is 24.3 Å². The molecular weight excluding hydrogens is 520 g/mol. The Kier molecular flexibility index (Phi) is 10.7. The van der Waals surface area contributed by atoms with Crippen molar-refractivity contribution in [2.24, 2.45) is 23.7 Å². The van der Waals surface area contributed by atoms with Crippen molar-refractivity contribution in [3.63, 3.8) is 0 Å². The number of amides is 1. The lowest BCUT2D eigenvalue weighted by Crippen LogP contribution is -2.24. The Hall–Kier alpha value is -2.81. The molecule has 0 radical (unpaired) electrons. The summed E-state index contributed by atoms with van der Waals surface area (Å²) in [7, 11) is 0. The molecule has 1 amide bonds. The van der Waals surface area contributed by atoms with Gasteiger partial charge in [0.2, 0.25) is 5.91 Å². The molecule has 2 aromatic rings. The molecule has 1 aliphatic heterocycles. The minimum Gasteiger partial charge on any atom is -0.397 e. The molecule has 1 unspecified atom stereocenters. The van der Waals surface area contributed by atoms with Crippen LogP contribution in [0.15, 0.2) is 36.4 Å². The Balaban J connectivity index is 1.17. The Bertz CT molecular complexity index is 1230. The molecule has 214 valence electrons. The molecule has 1 heterocycles. The van der Waals surface area contributed by atoms with Gasteiger partial charge in [0.25, 0.3) is 0 Å². The van der Waals surface area contributed by atoms with Gasteiger partial charge in [-0.05, 0) is 99.5 Å². The lowest BCUT2D eigenvalue weighted by atomic mass is 9.76. The highest BCUT2D eigenvalue weighted by molar-refractivity contribution is 6.33. The van der Waals surface area contributed by atoms with E-state index in [0.717, 1.165) is 43.4 Å². The van der Waals surface area contributed by atoms with Gasteiger partial charge in [0.1, 0.15) is 5.78 Å². The van der Waals surface area contributed by atoms with E-state index in [1.165, 1.54) is 31.2 Å². The Morgan fingerprint density at radius 3 is 2.52 bits per heavy atom. The Morgan fingerprint density at radius 1 is 1.12 bits per heavy atom. The van der Waals surface area contributed by atoms with Crippen molar-refractivity contribution in [3.05, 3.63) is 58.1 Å². The maximum atomic E-state index is 12.8. The van der Waals surface area contributed by atoms with Crippen molar-refractivity contribution in [3.8, 4) is 12.3 Å². The van der Waals surface area contributed by atoms with Gasteiger partial charge in [0, 0.05) is 23.1 Å². The Morgan fingerprint density at radius 2 is 1.82 bits per heavy atom. The molecule has 6 heteroatoms. The molecule has 40 heavy (non-hydrogen) atoms. The first-order valence-electron chi connectivity index (χ1n) is 14.8. The highest BCUT2D eigenvalue weighted by atomic mass is 35.5. The van der Waals surface area contributed by atoms with E-state index in [1.54, 1.807) is 13.0 Å². The van der Waals surface area contributed by atoms with Crippen molar-refractivity contribution < 1.29 is 14.7 Å². The fraction of sp³-hybridized carbons (Fsp3) is 0.529. The number of aliphatic hydroxyl groups excluding tert-OH is 1. The summed E-state index contributed by atoms with van der Waals surface area (Å²) in [5, 5.41) is 14.3. The fourth-order valence-corrected chi connectivity index (χ4v) is 6.78. The zero-order valence-electron chi connectivity index (χ0n) is 23.6. The first-order valence-corrected chi connectivity index (χ1v) is 15.2. The monoisotopic (exact) mass is 562 g/mol. The lowest BCUT2D eigenvalue weighted by Gasteiger charge is -2.30.